The number of amides is 1. The number of aryl methyl sites for hydroxylation is 1. The molecule has 0 aliphatic carbocycles. The maximum Gasteiger partial charge on any atom is 0.224 e. The number of thiophene rings is 1. The molecule has 0 aromatic carbocycles. The molecule has 1 fully saturated rings. The average molecular weight is 296 g/mol. The number of nitrogens with zero attached hydrogens (tertiary/aromatic N) is 1. The summed E-state index contributed by atoms with van der Waals surface area (Å²) in [6, 6.07) is 0.509. The third-order valence-corrected chi connectivity index (χ3v) is 4.93. The standard InChI is InChI=1S/C15H24N2O2S/c1-4-17-7-5-6-13(17)9-16-14(18)8-12-10-20-11(2)15(12)19-3/h10,13H,4-9H2,1-3H3,(H,16,18). The number of hydrogen-bond acceptors (Lipinski definition) is 4. The summed E-state index contributed by atoms with van der Waals surface area (Å²) in [4.78, 5) is 15.6. The number of carbonyl (C=O) groups excluding carboxylic acids is 1. The highest BCUT2D eigenvalue weighted by Gasteiger charge is 2.23. The Balaban J connectivity index is 1.83. The minimum Gasteiger partial charge on any atom is -0.495 e. The van der Waals surface area contributed by atoms with Crippen molar-refractivity contribution in [2.24, 2.45) is 0 Å². The first kappa shape index (κ1) is 15.3. The average Bonchev–Trinajstić information content (AvgIpc) is 3.03. The molecule has 2 heterocycles. The van der Waals surface area contributed by atoms with E-state index in [-0.39, 0.29) is 5.91 Å². The molecule has 1 amide bonds. The Hall–Kier alpha value is -1.07. The third-order valence-electron chi connectivity index (χ3n) is 3.98. The molecule has 0 bridgehead atoms. The van der Waals surface area contributed by atoms with Gasteiger partial charge in [-0.05, 0) is 38.2 Å². The Kier molecular flexibility index (Phi) is 5.43. The van der Waals surface area contributed by atoms with Crippen LogP contribution in [0.4, 0.5) is 0 Å². The Morgan fingerprint density at radius 3 is 3.10 bits per heavy atom. The molecule has 20 heavy (non-hydrogen) atoms. The van der Waals surface area contributed by atoms with Gasteiger partial charge in [-0.3, -0.25) is 9.69 Å². The quantitative estimate of drug-likeness (QED) is 0.875. The summed E-state index contributed by atoms with van der Waals surface area (Å²) in [6.07, 6.45) is 2.84. The van der Waals surface area contributed by atoms with Crippen LogP contribution in [0.5, 0.6) is 5.75 Å². The minimum atomic E-state index is 0.0871. The first-order chi connectivity index (χ1) is 9.65. The molecule has 1 N–H and O–H groups in total. The van der Waals surface area contributed by atoms with Crippen LogP contribution in [0, 0.1) is 6.92 Å². The van der Waals surface area contributed by atoms with Crippen LogP contribution in [0.1, 0.15) is 30.2 Å². The lowest BCUT2D eigenvalue weighted by atomic mass is 10.2. The van der Waals surface area contributed by atoms with Gasteiger partial charge in [0.05, 0.1) is 13.5 Å². The van der Waals surface area contributed by atoms with Crippen molar-refractivity contribution in [2.45, 2.75) is 39.2 Å². The van der Waals surface area contributed by atoms with E-state index in [1.807, 2.05) is 12.3 Å². The van der Waals surface area contributed by atoms with Crippen LogP contribution < -0.4 is 10.1 Å². The second-order valence-corrected chi connectivity index (χ2v) is 6.34. The summed E-state index contributed by atoms with van der Waals surface area (Å²) in [5, 5.41) is 5.08. The summed E-state index contributed by atoms with van der Waals surface area (Å²) in [6.45, 7) is 7.19. The van der Waals surface area contributed by atoms with E-state index in [4.69, 9.17) is 4.74 Å². The summed E-state index contributed by atoms with van der Waals surface area (Å²) in [5.74, 6) is 0.949. The zero-order valence-electron chi connectivity index (χ0n) is 12.6. The van der Waals surface area contributed by atoms with Crippen LogP contribution in [0.15, 0.2) is 5.38 Å². The Morgan fingerprint density at radius 2 is 2.40 bits per heavy atom. The van der Waals surface area contributed by atoms with Crippen LogP contribution in [0.25, 0.3) is 0 Å². The summed E-state index contributed by atoms with van der Waals surface area (Å²) in [7, 11) is 1.66. The monoisotopic (exact) mass is 296 g/mol. The molecule has 4 nitrogen and oxygen atoms in total. The van der Waals surface area contributed by atoms with Crippen molar-refractivity contribution in [3.05, 3.63) is 15.8 Å². The SMILES string of the molecule is CCN1CCCC1CNC(=O)Cc1csc(C)c1OC. The molecular formula is C15H24N2O2S. The van der Waals surface area contributed by atoms with Gasteiger partial charge in [-0.2, -0.15) is 0 Å². The Morgan fingerprint density at radius 1 is 1.60 bits per heavy atom. The number of likely N-dealkylation sites (tertiary alicyclic amines) is 1. The smallest absolute Gasteiger partial charge is 0.224 e. The van der Waals surface area contributed by atoms with Crippen LogP contribution in [0.3, 0.4) is 0 Å². The number of ether oxygens (including phenoxy) is 1. The van der Waals surface area contributed by atoms with Gasteiger partial charge in [0.1, 0.15) is 5.75 Å². The normalized spacial score (nSPS) is 19.2. The van der Waals surface area contributed by atoms with Crippen LogP contribution >= 0.6 is 11.3 Å². The molecule has 1 aliphatic heterocycles. The lowest BCUT2D eigenvalue weighted by Crippen LogP contribution is -2.40. The second-order valence-electron chi connectivity index (χ2n) is 5.26. The maximum atomic E-state index is 12.1. The number of rotatable bonds is 6. The Bertz CT molecular complexity index is 459. The molecule has 1 unspecified atom stereocenters. The van der Waals surface area contributed by atoms with Crippen molar-refractivity contribution < 1.29 is 9.53 Å². The summed E-state index contributed by atoms with van der Waals surface area (Å²) in [5.41, 5.74) is 0.992. The molecule has 1 aliphatic rings. The van der Waals surface area contributed by atoms with E-state index in [2.05, 4.69) is 17.1 Å². The van der Waals surface area contributed by atoms with Gasteiger partial charge >= 0.3 is 0 Å². The second kappa shape index (κ2) is 7.09. The molecule has 1 atom stereocenters. The molecule has 0 spiro atoms. The molecule has 1 aromatic rings. The number of methoxy groups -OCH3 is 1. The van der Waals surface area contributed by atoms with E-state index in [1.165, 1.54) is 12.8 Å². The molecule has 2 rings (SSSR count). The van der Waals surface area contributed by atoms with Crippen molar-refractivity contribution >= 4 is 17.2 Å². The minimum absolute atomic E-state index is 0.0871. The van der Waals surface area contributed by atoms with Gasteiger partial charge < -0.3 is 10.1 Å². The van der Waals surface area contributed by atoms with Crippen LogP contribution in [-0.4, -0.2) is 43.6 Å². The zero-order chi connectivity index (χ0) is 14.5. The van der Waals surface area contributed by atoms with Crippen molar-refractivity contribution in [3.8, 4) is 5.75 Å². The molecule has 5 heteroatoms. The number of hydrogen-bond donors (Lipinski definition) is 1. The van der Waals surface area contributed by atoms with Crippen molar-refractivity contribution in [2.75, 3.05) is 26.7 Å². The van der Waals surface area contributed by atoms with Crippen molar-refractivity contribution in [3.63, 3.8) is 0 Å². The maximum absolute atomic E-state index is 12.1. The van der Waals surface area contributed by atoms with Gasteiger partial charge in [-0.25, -0.2) is 0 Å². The number of carbonyl (C=O) groups is 1. The van der Waals surface area contributed by atoms with Crippen LogP contribution in [-0.2, 0) is 11.2 Å². The highest BCUT2D eigenvalue weighted by molar-refractivity contribution is 7.10. The molecule has 1 saturated heterocycles. The van der Waals surface area contributed by atoms with Gasteiger partial charge in [0.25, 0.3) is 0 Å². The molecular weight excluding hydrogens is 272 g/mol. The summed E-state index contributed by atoms with van der Waals surface area (Å²) < 4.78 is 5.35. The highest BCUT2D eigenvalue weighted by atomic mass is 32.1. The number of nitrogens with one attached hydrogen (secondary N) is 1. The van der Waals surface area contributed by atoms with Gasteiger partial charge in [-0.1, -0.05) is 6.92 Å². The topological polar surface area (TPSA) is 41.6 Å². The molecule has 1 aromatic heterocycles. The van der Waals surface area contributed by atoms with Gasteiger partial charge in [0.15, 0.2) is 0 Å². The van der Waals surface area contributed by atoms with Gasteiger partial charge in [0, 0.05) is 23.0 Å². The van der Waals surface area contributed by atoms with Gasteiger partial charge in [0.2, 0.25) is 5.91 Å². The van der Waals surface area contributed by atoms with E-state index >= 15 is 0 Å². The fraction of sp³-hybridized carbons (Fsp3) is 0.667. The van der Waals surface area contributed by atoms with E-state index in [9.17, 15) is 4.79 Å². The van der Waals surface area contributed by atoms with E-state index in [0.717, 1.165) is 35.8 Å². The van der Waals surface area contributed by atoms with E-state index in [1.54, 1.807) is 18.4 Å². The first-order valence-electron chi connectivity index (χ1n) is 7.27. The van der Waals surface area contributed by atoms with Crippen molar-refractivity contribution in [1.82, 2.24) is 10.2 Å². The Labute approximate surface area is 125 Å². The molecule has 112 valence electrons. The fourth-order valence-corrected chi connectivity index (χ4v) is 3.73. The first-order valence-corrected chi connectivity index (χ1v) is 8.15. The predicted molar refractivity (Wildman–Crippen MR) is 82.6 cm³/mol. The van der Waals surface area contributed by atoms with E-state index in [0.29, 0.717) is 12.5 Å². The lowest BCUT2D eigenvalue weighted by molar-refractivity contribution is -0.120. The van der Waals surface area contributed by atoms with Crippen LogP contribution in [0.2, 0.25) is 0 Å². The molecule has 0 radical (unpaired) electrons. The molecule has 0 saturated carbocycles. The predicted octanol–water partition coefficient (Wildman–Crippen LogP) is 2.21. The zero-order valence-corrected chi connectivity index (χ0v) is 13.4. The van der Waals surface area contributed by atoms with Gasteiger partial charge in [-0.15, -0.1) is 11.3 Å². The number of likely N-dealkylation sites (N-methyl/N-ethyl adjacent to an activating group) is 1. The highest BCUT2D eigenvalue weighted by Crippen LogP contribution is 2.29. The third kappa shape index (κ3) is 3.52. The van der Waals surface area contributed by atoms with Crippen molar-refractivity contribution in [1.29, 1.82) is 0 Å². The summed E-state index contributed by atoms with van der Waals surface area (Å²) >= 11 is 1.63. The largest absolute Gasteiger partial charge is 0.495 e. The van der Waals surface area contributed by atoms with E-state index < -0.39 is 0 Å². The lowest BCUT2D eigenvalue weighted by Gasteiger charge is -2.22. The fourth-order valence-electron chi connectivity index (χ4n) is 2.90.